The quantitative estimate of drug-likeness (QED) is 0.342. The second-order valence-electron chi connectivity index (χ2n) is 8.04. The molecule has 0 unspecified atom stereocenters. The fourth-order valence-corrected chi connectivity index (χ4v) is 4.19. The molecule has 0 bridgehead atoms. The number of hydrogen-bond donors (Lipinski definition) is 0. The summed E-state index contributed by atoms with van der Waals surface area (Å²) in [6.07, 6.45) is 0.0938. The molecule has 1 aliphatic rings. The SMILES string of the molecule is COc1cc2c(cc1OC(C)C)[C@H](c1ccc(Cl)cc1)N(c1ccc([N+](=O)[O-])cc1)C(=O)C2. The van der Waals surface area contributed by atoms with Crippen LogP contribution < -0.4 is 14.4 Å². The van der Waals surface area contributed by atoms with E-state index in [1.54, 1.807) is 36.3 Å². The van der Waals surface area contributed by atoms with E-state index < -0.39 is 11.0 Å². The first-order valence-electron chi connectivity index (χ1n) is 10.5. The molecule has 0 aliphatic carbocycles. The molecule has 0 saturated heterocycles. The number of nitro benzene ring substituents is 1. The second-order valence-corrected chi connectivity index (χ2v) is 8.47. The van der Waals surface area contributed by atoms with Gasteiger partial charge in [-0.3, -0.25) is 14.9 Å². The Labute approximate surface area is 196 Å². The van der Waals surface area contributed by atoms with E-state index in [0.717, 1.165) is 16.7 Å². The van der Waals surface area contributed by atoms with Gasteiger partial charge in [0, 0.05) is 22.8 Å². The van der Waals surface area contributed by atoms with Crippen LogP contribution in [0.4, 0.5) is 11.4 Å². The van der Waals surface area contributed by atoms with Crippen molar-refractivity contribution in [2.45, 2.75) is 32.4 Å². The van der Waals surface area contributed by atoms with Crippen molar-refractivity contribution in [1.29, 1.82) is 0 Å². The molecule has 3 aromatic carbocycles. The van der Waals surface area contributed by atoms with E-state index in [4.69, 9.17) is 21.1 Å². The summed E-state index contributed by atoms with van der Waals surface area (Å²) in [5, 5.41) is 11.7. The highest BCUT2D eigenvalue weighted by molar-refractivity contribution is 6.30. The summed E-state index contributed by atoms with van der Waals surface area (Å²) in [6, 6.07) is 16.6. The van der Waals surface area contributed by atoms with Crippen molar-refractivity contribution in [3.63, 3.8) is 0 Å². The van der Waals surface area contributed by atoms with Crippen molar-refractivity contribution in [1.82, 2.24) is 0 Å². The fraction of sp³-hybridized carbons (Fsp3) is 0.240. The molecule has 33 heavy (non-hydrogen) atoms. The number of rotatable bonds is 6. The van der Waals surface area contributed by atoms with Crippen LogP contribution in [0.1, 0.15) is 36.6 Å². The van der Waals surface area contributed by atoms with Crippen LogP contribution in [0, 0.1) is 10.1 Å². The van der Waals surface area contributed by atoms with Gasteiger partial charge < -0.3 is 14.4 Å². The third-order valence-corrected chi connectivity index (χ3v) is 5.73. The number of hydrogen-bond acceptors (Lipinski definition) is 5. The van der Waals surface area contributed by atoms with Gasteiger partial charge in [-0.1, -0.05) is 23.7 Å². The predicted octanol–water partition coefficient (Wildman–Crippen LogP) is 5.72. The minimum Gasteiger partial charge on any atom is -0.493 e. The van der Waals surface area contributed by atoms with E-state index >= 15 is 0 Å². The number of fused-ring (bicyclic) bond motifs is 1. The standard InChI is InChI=1S/C25H23ClN2O5/c1-15(2)33-23-14-21-17(12-22(23)32-3)13-24(29)27(19-8-10-20(11-9-19)28(30)31)25(21)16-4-6-18(26)7-5-16/h4-12,14-15,25H,13H2,1-3H3/t25-/m0/s1. The molecule has 0 spiro atoms. The second kappa shape index (κ2) is 9.11. The molecule has 1 heterocycles. The number of anilines is 1. The van der Waals surface area contributed by atoms with Crippen molar-refractivity contribution in [2.24, 2.45) is 0 Å². The largest absolute Gasteiger partial charge is 0.493 e. The first-order valence-corrected chi connectivity index (χ1v) is 10.9. The Bertz CT molecular complexity index is 1190. The average Bonchev–Trinajstić information content (AvgIpc) is 2.78. The number of ether oxygens (including phenoxy) is 2. The van der Waals surface area contributed by atoms with Gasteiger partial charge in [0.1, 0.15) is 0 Å². The lowest BCUT2D eigenvalue weighted by atomic mass is 9.86. The van der Waals surface area contributed by atoms with E-state index in [0.29, 0.717) is 22.2 Å². The van der Waals surface area contributed by atoms with Gasteiger partial charge in [0.2, 0.25) is 5.91 Å². The molecule has 0 aromatic heterocycles. The maximum absolute atomic E-state index is 13.4. The van der Waals surface area contributed by atoms with Crippen LogP contribution in [0.15, 0.2) is 60.7 Å². The molecule has 0 radical (unpaired) electrons. The lowest BCUT2D eigenvalue weighted by molar-refractivity contribution is -0.384. The molecular formula is C25H23ClN2O5. The zero-order valence-corrected chi connectivity index (χ0v) is 19.2. The van der Waals surface area contributed by atoms with Gasteiger partial charge in [-0.2, -0.15) is 0 Å². The number of halogens is 1. The Hall–Kier alpha value is -3.58. The van der Waals surface area contributed by atoms with Crippen molar-refractivity contribution < 1.29 is 19.2 Å². The number of benzene rings is 3. The van der Waals surface area contributed by atoms with Crippen molar-refractivity contribution >= 4 is 28.9 Å². The molecule has 1 amide bonds. The number of methoxy groups -OCH3 is 1. The number of nitro groups is 1. The predicted molar refractivity (Wildman–Crippen MR) is 126 cm³/mol. The molecule has 0 saturated carbocycles. The summed E-state index contributed by atoms with van der Waals surface area (Å²) in [5.41, 5.74) is 3.12. The zero-order valence-electron chi connectivity index (χ0n) is 18.4. The summed E-state index contributed by atoms with van der Waals surface area (Å²) >= 11 is 6.12. The van der Waals surface area contributed by atoms with Crippen LogP contribution in [0.25, 0.3) is 0 Å². The Morgan fingerprint density at radius 2 is 1.73 bits per heavy atom. The molecule has 170 valence electrons. The van der Waals surface area contributed by atoms with Gasteiger partial charge in [-0.05, 0) is 66.9 Å². The molecular weight excluding hydrogens is 444 g/mol. The number of carbonyl (C=O) groups is 1. The third kappa shape index (κ3) is 4.50. The number of carbonyl (C=O) groups excluding carboxylic acids is 1. The first kappa shape index (κ1) is 22.6. The summed E-state index contributed by atoms with van der Waals surface area (Å²) in [5.74, 6) is 1.02. The van der Waals surface area contributed by atoms with Crippen LogP contribution in [0.2, 0.25) is 5.02 Å². The van der Waals surface area contributed by atoms with Crippen LogP contribution >= 0.6 is 11.6 Å². The molecule has 4 rings (SSSR count). The summed E-state index contributed by atoms with van der Waals surface area (Å²) < 4.78 is 11.5. The Morgan fingerprint density at radius 1 is 1.06 bits per heavy atom. The highest BCUT2D eigenvalue weighted by Crippen LogP contribution is 2.44. The van der Waals surface area contributed by atoms with E-state index in [9.17, 15) is 14.9 Å². The summed E-state index contributed by atoms with van der Waals surface area (Å²) in [4.78, 5) is 25.7. The highest BCUT2D eigenvalue weighted by atomic mass is 35.5. The van der Waals surface area contributed by atoms with Crippen LogP contribution in [-0.4, -0.2) is 24.0 Å². The minimum atomic E-state index is -0.472. The molecule has 7 nitrogen and oxygen atoms in total. The lowest BCUT2D eigenvalue weighted by Crippen LogP contribution is -2.41. The van der Waals surface area contributed by atoms with Gasteiger partial charge in [0.25, 0.3) is 5.69 Å². The van der Waals surface area contributed by atoms with Crippen LogP contribution in [0.3, 0.4) is 0 Å². The topological polar surface area (TPSA) is 81.9 Å². The van der Waals surface area contributed by atoms with Gasteiger partial charge >= 0.3 is 0 Å². The Kier molecular flexibility index (Phi) is 6.24. The van der Waals surface area contributed by atoms with E-state index in [1.165, 1.54) is 12.1 Å². The summed E-state index contributed by atoms with van der Waals surface area (Å²) in [6.45, 7) is 3.87. The molecule has 0 fully saturated rings. The molecule has 0 N–H and O–H groups in total. The maximum Gasteiger partial charge on any atom is 0.269 e. The van der Waals surface area contributed by atoms with Crippen LogP contribution in [0.5, 0.6) is 11.5 Å². The summed E-state index contributed by atoms with van der Waals surface area (Å²) in [7, 11) is 1.57. The molecule has 8 heteroatoms. The zero-order chi connectivity index (χ0) is 23.7. The smallest absolute Gasteiger partial charge is 0.269 e. The first-order chi connectivity index (χ1) is 15.8. The monoisotopic (exact) mass is 466 g/mol. The van der Waals surface area contributed by atoms with Crippen molar-refractivity contribution in [3.05, 3.63) is 92.5 Å². The third-order valence-electron chi connectivity index (χ3n) is 5.48. The normalized spacial score (nSPS) is 15.4. The number of non-ortho nitro benzene ring substituents is 1. The van der Waals surface area contributed by atoms with Gasteiger partial charge in [-0.15, -0.1) is 0 Å². The van der Waals surface area contributed by atoms with E-state index in [1.807, 2.05) is 38.1 Å². The van der Waals surface area contributed by atoms with E-state index in [-0.39, 0.29) is 24.1 Å². The van der Waals surface area contributed by atoms with Crippen molar-refractivity contribution in [3.8, 4) is 11.5 Å². The Balaban J connectivity index is 1.90. The van der Waals surface area contributed by atoms with Gasteiger partial charge in [0.15, 0.2) is 11.5 Å². The van der Waals surface area contributed by atoms with E-state index in [2.05, 4.69) is 0 Å². The maximum atomic E-state index is 13.4. The minimum absolute atomic E-state index is 0.0380. The lowest BCUT2D eigenvalue weighted by Gasteiger charge is -2.38. The number of amides is 1. The van der Waals surface area contributed by atoms with Crippen molar-refractivity contribution in [2.75, 3.05) is 12.0 Å². The van der Waals surface area contributed by atoms with Gasteiger partial charge in [-0.25, -0.2) is 0 Å². The highest BCUT2D eigenvalue weighted by Gasteiger charge is 2.36. The van der Waals surface area contributed by atoms with Crippen LogP contribution in [-0.2, 0) is 11.2 Å². The molecule has 1 aliphatic heterocycles. The average molecular weight is 467 g/mol. The fourth-order valence-electron chi connectivity index (χ4n) is 4.06. The molecule has 3 aromatic rings. The Morgan fingerprint density at radius 3 is 2.30 bits per heavy atom. The van der Waals surface area contributed by atoms with Gasteiger partial charge in [0.05, 0.1) is 30.6 Å². The number of nitrogens with zero attached hydrogens (tertiary/aromatic N) is 2. The molecule has 1 atom stereocenters.